The third-order valence-electron chi connectivity index (χ3n) is 4.56. The Hall–Kier alpha value is -3.94. The van der Waals surface area contributed by atoms with Gasteiger partial charge in [-0.2, -0.15) is 0 Å². The van der Waals surface area contributed by atoms with Gasteiger partial charge in [0.25, 0.3) is 0 Å². The quantitative estimate of drug-likeness (QED) is 0.523. The fourth-order valence-electron chi connectivity index (χ4n) is 3.12. The number of hydrogen-bond donors (Lipinski definition) is 2. The maximum absolute atomic E-state index is 11.7. The van der Waals surface area contributed by atoms with Crippen molar-refractivity contribution in [1.82, 2.24) is 24.9 Å². The number of nitrogens with zero attached hydrogens (tertiary/aromatic N) is 5. The molecule has 3 aromatic heterocycles. The van der Waals surface area contributed by atoms with Gasteiger partial charge in [-0.15, -0.1) is 0 Å². The van der Waals surface area contributed by atoms with Gasteiger partial charge in [0.1, 0.15) is 18.0 Å². The fraction of sp³-hybridized carbons (Fsp3) is 0.143. The lowest BCUT2D eigenvalue weighted by Crippen LogP contribution is -2.12. The molecule has 0 saturated heterocycles. The molecule has 0 fully saturated rings. The average molecular weight is 385 g/mol. The van der Waals surface area contributed by atoms with Gasteiger partial charge in [0.2, 0.25) is 5.91 Å². The molecule has 0 unspecified atom stereocenters. The van der Waals surface area contributed by atoms with Gasteiger partial charge in [-0.3, -0.25) is 9.78 Å². The van der Waals surface area contributed by atoms with E-state index in [2.05, 4.69) is 30.2 Å². The van der Waals surface area contributed by atoms with Crippen molar-refractivity contribution in [3.63, 3.8) is 0 Å². The van der Waals surface area contributed by atoms with Crippen LogP contribution in [-0.4, -0.2) is 37.4 Å². The standard InChI is InChI=1S/C21H19N7O/c1-13-25-10-15(11-26-13)18-9-19(28-12-27-18)23-7-5-14-3-2-4-16-17(21(22)29)6-8-24-20(14)16/h2-4,6,8-12H,5,7H2,1H3,(H2,22,29)(H,23,27,28). The van der Waals surface area contributed by atoms with Gasteiger partial charge >= 0.3 is 0 Å². The second-order valence-corrected chi connectivity index (χ2v) is 6.52. The first-order valence-electron chi connectivity index (χ1n) is 9.13. The molecule has 0 radical (unpaired) electrons. The number of amides is 1. The number of anilines is 1. The van der Waals surface area contributed by atoms with E-state index in [-0.39, 0.29) is 0 Å². The Morgan fingerprint density at radius 3 is 2.69 bits per heavy atom. The topological polar surface area (TPSA) is 120 Å². The molecule has 1 amide bonds. The lowest BCUT2D eigenvalue weighted by molar-refractivity contribution is 0.100. The molecule has 4 rings (SSSR count). The molecule has 0 bridgehead atoms. The highest BCUT2D eigenvalue weighted by molar-refractivity contribution is 6.05. The molecule has 0 aliphatic heterocycles. The predicted molar refractivity (Wildman–Crippen MR) is 110 cm³/mol. The van der Waals surface area contributed by atoms with Crippen molar-refractivity contribution in [3.05, 3.63) is 72.2 Å². The monoisotopic (exact) mass is 385 g/mol. The number of aromatic nitrogens is 5. The first-order valence-corrected chi connectivity index (χ1v) is 9.13. The number of rotatable bonds is 6. The highest BCUT2D eigenvalue weighted by atomic mass is 16.1. The summed E-state index contributed by atoms with van der Waals surface area (Å²) >= 11 is 0. The molecule has 0 atom stereocenters. The summed E-state index contributed by atoms with van der Waals surface area (Å²) in [5.41, 5.74) is 9.34. The van der Waals surface area contributed by atoms with E-state index in [4.69, 9.17) is 5.73 Å². The molecule has 0 aliphatic rings. The van der Waals surface area contributed by atoms with Crippen LogP contribution in [0.1, 0.15) is 21.7 Å². The summed E-state index contributed by atoms with van der Waals surface area (Å²) in [6.45, 7) is 2.48. The number of primary amides is 1. The van der Waals surface area contributed by atoms with Crippen LogP contribution in [0.4, 0.5) is 5.82 Å². The van der Waals surface area contributed by atoms with Crippen molar-refractivity contribution >= 4 is 22.6 Å². The van der Waals surface area contributed by atoms with Crippen LogP contribution in [0.5, 0.6) is 0 Å². The van der Waals surface area contributed by atoms with Crippen molar-refractivity contribution in [3.8, 4) is 11.3 Å². The van der Waals surface area contributed by atoms with E-state index >= 15 is 0 Å². The van der Waals surface area contributed by atoms with Crippen LogP contribution >= 0.6 is 0 Å². The lowest BCUT2D eigenvalue weighted by atomic mass is 10.0. The fourth-order valence-corrected chi connectivity index (χ4v) is 3.12. The van der Waals surface area contributed by atoms with E-state index in [1.54, 1.807) is 24.7 Å². The highest BCUT2D eigenvalue weighted by Gasteiger charge is 2.10. The number of benzene rings is 1. The summed E-state index contributed by atoms with van der Waals surface area (Å²) in [6, 6.07) is 9.27. The molecule has 0 spiro atoms. The highest BCUT2D eigenvalue weighted by Crippen LogP contribution is 2.21. The molecule has 8 nitrogen and oxygen atoms in total. The molecule has 1 aromatic carbocycles. The number of pyridine rings is 1. The number of nitrogens with two attached hydrogens (primary N) is 1. The van der Waals surface area contributed by atoms with E-state index in [9.17, 15) is 4.79 Å². The average Bonchev–Trinajstić information content (AvgIpc) is 2.74. The Labute approximate surface area is 167 Å². The van der Waals surface area contributed by atoms with Crippen molar-refractivity contribution in [2.24, 2.45) is 5.73 Å². The molecule has 8 heteroatoms. The minimum absolute atomic E-state index is 0.457. The van der Waals surface area contributed by atoms with Gasteiger partial charge in [-0.05, 0) is 25.0 Å². The molecule has 0 aliphatic carbocycles. The number of nitrogens with one attached hydrogen (secondary N) is 1. The second kappa shape index (κ2) is 7.97. The zero-order chi connectivity index (χ0) is 20.2. The number of carbonyl (C=O) groups excluding carboxylic acids is 1. The van der Waals surface area contributed by atoms with E-state index in [0.29, 0.717) is 30.2 Å². The maximum atomic E-state index is 11.7. The van der Waals surface area contributed by atoms with Crippen LogP contribution in [0, 0.1) is 6.92 Å². The number of aryl methyl sites for hydroxylation is 1. The summed E-state index contributed by atoms with van der Waals surface area (Å²) < 4.78 is 0. The van der Waals surface area contributed by atoms with Crippen LogP contribution in [0.25, 0.3) is 22.2 Å². The molecule has 4 aromatic rings. The summed E-state index contributed by atoms with van der Waals surface area (Å²) in [5, 5.41) is 4.07. The van der Waals surface area contributed by atoms with Gasteiger partial charge in [-0.25, -0.2) is 19.9 Å². The first kappa shape index (κ1) is 18.4. The summed E-state index contributed by atoms with van der Waals surface area (Å²) in [7, 11) is 0. The van der Waals surface area contributed by atoms with Crippen molar-refractivity contribution in [2.75, 3.05) is 11.9 Å². The van der Waals surface area contributed by atoms with Crippen molar-refractivity contribution < 1.29 is 4.79 Å². The SMILES string of the molecule is Cc1ncc(-c2cc(NCCc3cccc4c(C(N)=O)ccnc34)ncn2)cn1. The minimum Gasteiger partial charge on any atom is -0.370 e. The van der Waals surface area contributed by atoms with Crippen LogP contribution in [0.3, 0.4) is 0 Å². The van der Waals surface area contributed by atoms with Crippen LogP contribution in [0.15, 0.2) is 55.2 Å². The summed E-state index contributed by atoms with van der Waals surface area (Å²) in [4.78, 5) is 33.1. The molecule has 144 valence electrons. The maximum Gasteiger partial charge on any atom is 0.249 e. The largest absolute Gasteiger partial charge is 0.370 e. The molecule has 3 heterocycles. The molecule has 29 heavy (non-hydrogen) atoms. The molecular formula is C21H19N7O. The summed E-state index contributed by atoms with van der Waals surface area (Å²) in [5.74, 6) is 0.965. The Bertz CT molecular complexity index is 1180. The zero-order valence-corrected chi connectivity index (χ0v) is 15.8. The normalized spacial score (nSPS) is 10.8. The smallest absolute Gasteiger partial charge is 0.249 e. The number of fused-ring (bicyclic) bond motifs is 1. The Balaban J connectivity index is 1.50. The van der Waals surface area contributed by atoms with Gasteiger partial charge in [0, 0.05) is 42.2 Å². The Kier molecular flexibility index (Phi) is 5.07. The van der Waals surface area contributed by atoms with Gasteiger partial charge < -0.3 is 11.1 Å². The second-order valence-electron chi connectivity index (χ2n) is 6.52. The van der Waals surface area contributed by atoms with Crippen molar-refractivity contribution in [2.45, 2.75) is 13.3 Å². The Morgan fingerprint density at radius 1 is 1.07 bits per heavy atom. The third-order valence-corrected chi connectivity index (χ3v) is 4.56. The number of carbonyl (C=O) groups is 1. The summed E-state index contributed by atoms with van der Waals surface area (Å²) in [6.07, 6.45) is 7.31. The van der Waals surface area contributed by atoms with Gasteiger partial charge in [0.05, 0.1) is 16.8 Å². The minimum atomic E-state index is -0.457. The van der Waals surface area contributed by atoms with E-state index in [1.165, 1.54) is 6.33 Å². The molecule has 0 saturated carbocycles. The van der Waals surface area contributed by atoms with Gasteiger partial charge in [0.15, 0.2) is 0 Å². The predicted octanol–water partition coefficient (Wildman–Crippen LogP) is 2.54. The molecular weight excluding hydrogens is 366 g/mol. The van der Waals surface area contributed by atoms with Crippen LogP contribution in [0.2, 0.25) is 0 Å². The first-order chi connectivity index (χ1) is 14.1. The van der Waals surface area contributed by atoms with E-state index < -0.39 is 5.91 Å². The molecule has 3 N–H and O–H groups in total. The zero-order valence-electron chi connectivity index (χ0n) is 15.8. The van der Waals surface area contributed by atoms with Crippen LogP contribution < -0.4 is 11.1 Å². The van der Waals surface area contributed by atoms with Crippen molar-refractivity contribution in [1.29, 1.82) is 0 Å². The number of hydrogen-bond acceptors (Lipinski definition) is 7. The third kappa shape index (κ3) is 4.01. The van der Waals surface area contributed by atoms with E-state index in [0.717, 1.165) is 27.7 Å². The number of para-hydroxylation sites is 1. The van der Waals surface area contributed by atoms with Gasteiger partial charge in [-0.1, -0.05) is 18.2 Å². The van der Waals surface area contributed by atoms with Crippen LogP contribution in [-0.2, 0) is 6.42 Å². The van der Waals surface area contributed by atoms with E-state index in [1.807, 2.05) is 31.2 Å². The lowest BCUT2D eigenvalue weighted by Gasteiger charge is -2.10. The Morgan fingerprint density at radius 2 is 1.90 bits per heavy atom.